The van der Waals surface area contributed by atoms with Gasteiger partial charge in [0, 0.05) is 23.7 Å². The van der Waals surface area contributed by atoms with Crippen LogP contribution in [-0.4, -0.2) is 9.55 Å². The Balaban J connectivity index is 1.69. The molecule has 4 aromatic heterocycles. The third kappa shape index (κ3) is 5.03. The minimum absolute atomic E-state index is 0.0115. The number of aromatic nitrogens is 2. The van der Waals surface area contributed by atoms with E-state index >= 15 is 0 Å². The fraction of sp³-hybridized carbons (Fsp3) is 0.148. The number of furan rings is 2. The number of nitriles is 4. The van der Waals surface area contributed by atoms with Crippen molar-refractivity contribution in [3.05, 3.63) is 64.4 Å². The second-order valence-electron chi connectivity index (χ2n) is 8.11. The minimum atomic E-state index is -0.0328. The number of thiazole rings is 1. The maximum absolute atomic E-state index is 9.00. The third-order valence-corrected chi connectivity index (χ3v) is 6.01. The van der Waals surface area contributed by atoms with Crippen molar-refractivity contribution in [1.29, 1.82) is 21.0 Å². The van der Waals surface area contributed by atoms with Crippen molar-refractivity contribution in [2.75, 3.05) is 0 Å². The van der Waals surface area contributed by atoms with Crippen LogP contribution >= 0.6 is 11.3 Å². The van der Waals surface area contributed by atoms with E-state index in [0.29, 0.717) is 45.4 Å². The average Bonchev–Trinajstić information content (AvgIpc) is 3.67. The Kier molecular flexibility index (Phi) is 6.98. The minimum Gasteiger partial charge on any atom is -0.455 e. The lowest BCUT2D eigenvalue weighted by Gasteiger charge is -2.13. The Hall–Kier alpha value is -5.09. The van der Waals surface area contributed by atoms with Gasteiger partial charge in [0.2, 0.25) is 0 Å². The molecule has 4 aromatic rings. The van der Waals surface area contributed by atoms with E-state index in [1.807, 2.05) is 54.6 Å². The van der Waals surface area contributed by atoms with E-state index in [1.165, 1.54) is 23.5 Å². The molecule has 4 heterocycles. The first-order valence-electron chi connectivity index (χ1n) is 10.9. The Morgan fingerprint density at radius 2 is 1.44 bits per heavy atom. The van der Waals surface area contributed by atoms with Crippen LogP contribution in [0.5, 0.6) is 0 Å². The summed E-state index contributed by atoms with van der Waals surface area (Å²) >= 11 is 1.33. The lowest BCUT2D eigenvalue weighted by atomic mass is 10.2. The van der Waals surface area contributed by atoms with Crippen molar-refractivity contribution in [2.24, 2.45) is 5.92 Å². The molecular formula is C27H18N6O2S. The summed E-state index contributed by atoms with van der Waals surface area (Å²) in [6, 6.07) is 18.5. The third-order valence-electron chi connectivity index (χ3n) is 5.06. The first-order chi connectivity index (χ1) is 17.4. The number of hydrogen-bond acceptors (Lipinski definition) is 8. The Labute approximate surface area is 211 Å². The van der Waals surface area contributed by atoms with Gasteiger partial charge in [0.15, 0.2) is 22.3 Å². The second-order valence-corrected chi connectivity index (χ2v) is 9.17. The van der Waals surface area contributed by atoms with Crippen molar-refractivity contribution >= 4 is 23.5 Å². The highest BCUT2D eigenvalue weighted by molar-refractivity contribution is 7.15. The molecule has 174 valence electrons. The molecule has 0 aliphatic heterocycles. The predicted molar refractivity (Wildman–Crippen MR) is 134 cm³/mol. The molecule has 4 rings (SSSR count). The van der Waals surface area contributed by atoms with Crippen LogP contribution in [-0.2, 0) is 6.54 Å². The van der Waals surface area contributed by atoms with E-state index in [-0.39, 0.29) is 11.1 Å². The molecule has 0 atom stereocenters. The molecule has 0 saturated heterocycles. The second kappa shape index (κ2) is 10.5. The molecule has 0 fully saturated rings. The van der Waals surface area contributed by atoms with Crippen molar-refractivity contribution in [1.82, 2.24) is 9.55 Å². The van der Waals surface area contributed by atoms with Crippen LogP contribution in [0.1, 0.15) is 24.5 Å². The van der Waals surface area contributed by atoms with Gasteiger partial charge in [0.05, 0.1) is 11.4 Å². The highest BCUT2D eigenvalue weighted by atomic mass is 32.1. The van der Waals surface area contributed by atoms with Gasteiger partial charge in [-0.2, -0.15) is 21.0 Å². The summed E-state index contributed by atoms with van der Waals surface area (Å²) < 4.78 is 14.2. The molecule has 0 saturated carbocycles. The van der Waals surface area contributed by atoms with Gasteiger partial charge in [-0.15, -0.1) is 11.3 Å². The van der Waals surface area contributed by atoms with Crippen LogP contribution in [0.3, 0.4) is 0 Å². The van der Waals surface area contributed by atoms with Crippen LogP contribution in [0.4, 0.5) is 0 Å². The summed E-state index contributed by atoms with van der Waals surface area (Å²) in [4.78, 5) is 5.05. The molecule has 0 spiro atoms. The SMILES string of the molecule is CC(C)Cn1c(-c2ccc(C=C(C#N)C#N)o2)ccc1-c1ccc(-c2ncc(C=C(C#N)C#N)s2)o1. The Morgan fingerprint density at radius 1 is 0.861 bits per heavy atom. The van der Waals surface area contributed by atoms with Crippen molar-refractivity contribution in [3.63, 3.8) is 0 Å². The standard InChI is InChI=1S/C27H18N6O2S/c1-17(2)16-33-22(24-6-3-20(34-24)9-18(11-28)12-29)4-5-23(33)25-7-8-26(35-25)27-32-15-21(36-27)10-19(13-30)14-31/h3-10,15,17H,16H2,1-2H3. The van der Waals surface area contributed by atoms with E-state index in [0.717, 1.165) is 11.4 Å². The molecule has 0 unspecified atom stereocenters. The zero-order valence-electron chi connectivity index (χ0n) is 19.4. The summed E-state index contributed by atoms with van der Waals surface area (Å²) in [5.41, 5.74) is 1.68. The highest BCUT2D eigenvalue weighted by Crippen LogP contribution is 2.35. The van der Waals surface area contributed by atoms with Crippen LogP contribution in [0, 0.1) is 51.2 Å². The van der Waals surface area contributed by atoms with Crippen LogP contribution < -0.4 is 0 Å². The number of allylic oxidation sites excluding steroid dienone is 2. The average molecular weight is 491 g/mol. The van der Waals surface area contributed by atoms with Gasteiger partial charge < -0.3 is 13.4 Å². The van der Waals surface area contributed by atoms with Gasteiger partial charge in [-0.1, -0.05) is 13.8 Å². The molecule has 0 aromatic carbocycles. The van der Waals surface area contributed by atoms with Crippen molar-refractivity contribution in [3.8, 4) is 58.0 Å². The van der Waals surface area contributed by atoms with Crippen LogP contribution in [0.15, 0.2) is 62.6 Å². The zero-order chi connectivity index (χ0) is 25.7. The van der Waals surface area contributed by atoms with E-state index in [4.69, 9.17) is 29.9 Å². The summed E-state index contributed by atoms with van der Waals surface area (Å²) in [6.45, 7) is 4.94. The Morgan fingerprint density at radius 3 is 2.08 bits per heavy atom. The summed E-state index contributed by atoms with van der Waals surface area (Å²) in [5.74, 6) is 2.60. The van der Waals surface area contributed by atoms with Crippen LogP contribution in [0.2, 0.25) is 0 Å². The molecular weight excluding hydrogens is 472 g/mol. The molecule has 0 amide bonds. The predicted octanol–water partition coefficient (Wildman–Crippen LogP) is 6.65. The first kappa shape index (κ1) is 24.0. The van der Waals surface area contributed by atoms with Gasteiger partial charge in [0.1, 0.15) is 41.2 Å². The molecule has 0 aliphatic carbocycles. The molecule has 0 aliphatic rings. The normalized spacial score (nSPS) is 10.2. The van der Waals surface area contributed by atoms with Gasteiger partial charge >= 0.3 is 0 Å². The van der Waals surface area contributed by atoms with Gasteiger partial charge in [-0.3, -0.25) is 0 Å². The molecule has 36 heavy (non-hydrogen) atoms. The summed E-state index contributed by atoms with van der Waals surface area (Å²) in [5, 5.41) is 36.6. The van der Waals surface area contributed by atoms with E-state index in [2.05, 4.69) is 23.4 Å². The van der Waals surface area contributed by atoms with Crippen LogP contribution in [0.25, 0.3) is 45.8 Å². The zero-order valence-corrected chi connectivity index (χ0v) is 20.2. The van der Waals surface area contributed by atoms with E-state index in [9.17, 15) is 0 Å². The van der Waals surface area contributed by atoms with E-state index in [1.54, 1.807) is 12.3 Å². The van der Waals surface area contributed by atoms with Crippen molar-refractivity contribution in [2.45, 2.75) is 20.4 Å². The van der Waals surface area contributed by atoms with Crippen molar-refractivity contribution < 1.29 is 8.83 Å². The van der Waals surface area contributed by atoms with Gasteiger partial charge in [-0.05, 0) is 48.4 Å². The summed E-state index contributed by atoms with van der Waals surface area (Å²) in [7, 11) is 0. The number of nitrogens with zero attached hydrogens (tertiary/aromatic N) is 6. The molecule has 8 nitrogen and oxygen atoms in total. The maximum Gasteiger partial charge on any atom is 0.163 e. The largest absolute Gasteiger partial charge is 0.455 e. The fourth-order valence-corrected chi connectivity index (χ4v) is 4.37. The first-order valence-corrected chi connectivity index (χ1v) is 11.7. The summed E-state index contributed by atoms with van der Waals surface area (Å²) in [6.07, 6.45) is 4.50. The van der Waals surface area contributed by atoms with Gasteiger partial charge in [0.25, 0.3) is 0 Å². The molecule has 0 N–H and O–H groups in total. The lowest BCUT2D eigenvalue weighted by molar-refractivity contribution is 0.510. The lowest BCUT2D eigenvalue weighted by Crippen LogP contribution is -2.07. The smallest absolute Gasteiger partial charge is 0.163 e. The quantitative estimate of drug-likeness (QED) is 0.264. The van der Waals surface area contributed by atoms with Gasteiger partial charge in [-0.25, -0.2) is 4.98 Å². The molecule has 0 bridgehead atoms. The van der Waals surface area contributed by atoms with E-state index < -0.39 is 0 Å². The Bertz CT molecular complexity index is 1610. The molecule has 0 radical (unpaired) electrons. The monoisotopic (exact) mass is 490 g/mol. The fourth-order valence-electron chi connectivity index (χ4n) is 3.55. The maximum atomic E-state index is 9.00. The number of rotatable bonds is 7. The highest BCUT2D eigenvalue weighted by Gasteiger charge is 2.19. The number of hydrogen-bond donors (Lipinski definition) is 0. The topological polar surface area (TPSA) is 139 Å². The molecule has 9 heteroatoms.